The first-order chi connectivity index (χ1) is 10.2. The molecule has 0 atom stereocenters. The summed E-state index contributed by atoms with van der Waals surface area (Å²) in [6.45, 7) is -0.456. The summed E-state index contributed by atoms with van der Waals surface area (Å²) in [7, 11) is 0. The fourth-order valence-corrected chi connectivity index (χ4v) is 1.96. The molecule has 0 aliphatic heterocycles. The van der Waals surface area contributed by atoms with E-state index >= 15 is 0 Å². The third kappa shape index (κ3) is 3.07. The number of halogens is 2. The molecule has 0 bridgehead atoms. The summed E-state index contributed by atoms with van der Waals surface area (Å²) in [5, 5.41) is 6.36. The number of aromatic amines is 1. The average Bonchev–Trinajstić information content (AvgIpc) is 2.94. The van der Waals surface area contributed by atoms with Gasteiger partial charge in [0.25, 0.3) is 6.43 Å². The van der Waals surface area contributed by atoms with Crippen molar-refractivity contribution in [1.29, 1.82) is 0 Å². The molecule has 0 amide bonds. The van der Waals surface area contributed by atoms with Gasteiger partial charge in [-0.3, -0.25) is 0 Å². The first-order valence-corrected chi connectivity index (χ1v) is 6.41. The lowest BCUT2D eigenvalue weighted by Crippen LogP contribution is -2.12. The summed E-state index contributed by atoms with van der Waals surface area (Å²) in [4.78, 5) is 11.5. The molecule has 3 aromatic rings. The number of rotatable bonds is 5. The van der Waals surface area contributed by atoms with Gasteiger partial charge in [-0.2, -0.15) is 9.97 Å². The maximum absolute atomic E-state index is 12.4. The van der Waals surface area contributed by atoms with Crippen molar-refractivity contribution >= 4 is 28.5 Å². The smallest absolute Gasteiger partial charge is 0.255 e. The average molecular weight is 289 g/mol. The van der Waals surface area contributed by atoms with E-state index in [-0.39, 0.29) is 0 Å². The third-order valence-electron chi connectivity index (χ3n) is 2.87. The molecule has 0 aliphatic carbocycles. The van der Waals surface area contributed by atoms with Gasteiger partial charge in [-0.05, 0) is 18.2 Å². The molecule has 0 aliphatic rings. The van der Waals surface area contributed by atoms with Gasteiger partial charge in [0.15, 0.2) is 0 Å². The number of aromatic nitrogens is 3. The van der Waals surface area contributed by atoms with E-state index in [1.807, 2.05) is 30.3 Å². The van der Waals surface area contributed by atoms with Crippen molar-refractivity contribution in [2.75, 3.05) is 17.2 Å². The number of nitrogens with one attached hydrogen (secondary N) is 3. The fraction of sp³-hybridized carbons (Fsp3) is 0.143. The fourth-order valence-electron chi connectivity index (χ4n) is 1.96. The molecule has 5 nitrogen and oxygen atoms in total. The van der Waals surface area contributed by atoms with E-state index in [4.69, 9.17) is 0 Å². The van der Waals surface area contributed by atoms with E-state index in [0.29, 0.717) is 22.8 Å². The predicted octanol–water partition coefficient (Wildman–Crippen LogP) is 3.38. The van der Waals surface area contributed by atoms with Crippen LogP contribution in [-0.2, 0) is 0 Å². The van der Waals surface area contributed by atoms with Crippen molar-refractivity contribution in [3.63, 3.8) is 0 Å². The Balaban J connectivity index is 1.92. The van der Waals surface area contributed by atoms with Crippen LogP contribution in [0, 0.1) is 0 Å². The minimum atomic E-state index is -2.44. The minimum Gasteiger partial charge on any atom is -0.364 e. The SMILES string of the molecule is FC(F)CNc1nc(Nc2ccccc2)nc2[nH]ccc12. The van der Waals surface area contributed by atoms with E-state index in [2.05, 4.69) is 25.6 Å². The molecule has 3 N–H and O–H groups in total. The van der Waals surface area contributed by atoms with Crippen LogP contribution < -0.4 is 10.6 Å². The Kier molecular flexibility index (Phi) is 3.63. The Morgan fingerprint density at radius 3 is 2.67 bits per heavy atom. The Hall–Kier alpha value is -2.70. The number of alkyl halides is 2. The third-order valence-corrected chi connectivity index (χ3v) is 2.87. The van der Waals surface area contributed by atoms with Crippen LogP contribution in [0.2, 0.25) is 0 Å². The summed E-state index contributed by atoms with van der Waals surface area (Å²) in [5.74, 6) is 0.716. The van der Waals surface area contributed by atoms with E-state index in [1.165, 1.54) is 0 Å². The van der Waals surface area contributed by atoms with E-state index in [0.717, 1.165) is 5.69 Å². The van der Waals surface area contributed by atoms with Gasteiger partial charge in [0, 0.05) is 11.9 Å². The van der Waals surface area contributed by atoms with Crippen LogP contribution >= 0.6 is 0 Å². The molecular formula is C14H13F2N5. The molecule has 0 spiro atoms. The van der Waals surface area contributed by atoms with E-state index in [1.54, 1.807) is 12.3 Å². The van der Waals surface area contributed by atoms with Gasteiger partial charge in [-0.25, -0.2) is 8.78 Å². The topological polar surface area (TPSA) is 65.6 Å². The van der Waals surface area contributed by atoms with Gasteiger partial charge in [0.1, 0.15) is 11.5 Å². The second kappa shape index (κ2) is 5.74. The Morgan fingerprint density at radius 1 is 1.10 bits per heavy atom. The first-order valence-electron chi connectivity index (χ1n) is 6.41. The Morgan fingerprint density at radius 2 is 1.90 bits per heavy atom. The zero-order chi connectivity index (χ0) is 14.7. The van der Waals surface area contributed by atoms with E-state index < -0.39 is 13.0 Å². The van der Waals surface area contributed by atoms with Gasteiger partial charge >= 0.3 is 0 Å². The zero-order valence-electron chi connectivity index (χ0n) is 11.0. The molecule has 0 unspecified atom stereocenters. The van der Waals surface area contributed by atoms with Crippen molar-refractivity contribution in [2.24, 2.45) is 0 Å². The number of para-hydroxylation sites is 1. The molecule has 3 rings (SSSR count). The molecule has 0 saturated carbocycles. The number of benzene rings is 1. The van der Waals surface area contributed by atoms with Crippen molar-refractivity contribution in [2.45, 2.75) is 6.43 Å². The molecule has 0 saturated heterocycles. The number of H-pyrrole nitrogens is 1. The van der Waals surface area contributed by atoms with Gasteiger partial charge in [0.05, 0.1) is 11.9 Å². The van der Waals surface area contributed by atoms with Gasteiger partial charge in [0.2, 0.25) is 5.95 Å². The van der Waals surface area contributed by atoms with Crippen LogP contribution in [0.15, 0.2) is 42.6 Å². The quantitative estimate of drug-likeness (QED) is 0.673. The lowest BCUT2D eigenvalue weighted by molar-refractivity contribution is 0.163. The molecule has 1 aromatic carbocycles. The second-order valence-corrected chi connectivity index (χ2v) is 4.40. The number of hydrogen-bond donors (Lipinski definition) is 3. The molecule has 108 valence electrons. The Bertz CT molecular complexity index is 727. The first kappa shape index (κ1) is 13.3. The van der Waals surface area contributed by atoms with Gasteiger partial charge < -0.3 is 15.6 Å². The summed E-state index contributed by atoms with van der Waals surface area (Å²) < 4.78 is 24.7. The largest absolute Gasteiger partial charge is 0.364 e. The number of anilines is 3. The monoisotopic (exact) mass is 289 g/mol. The number of hydrogen-bond acceptors (Lipinski definition) is 4. The number of nitrogens with zero attached hydrogens (tertiary/aromatic N) is 2. The lowest BCUT2D eigenvalue weighted by atomic mass is 10.3. The highest BCUT2D eigenvalue weighted by atomic mass is 19.3. The van der Waals surface area contributed by atoms with Crippen LogP contribution in [0.25, 0.3) is 11.0 Å². The zero-order valence-corrected chi connectivity index (χ0v) is 11.0. The highest BCUT2D eigenvalue weighted by molar-refractivity contribution is 5.88. The standard InChI is InChI=1S/C14H13F2N5/c15-11(16)8-18-13-10-6-7-17-12(10)20-14(21-13)19-9-4-2-1-3-5-9/h1-7,11H,8H2,(H3,17,18,19,20,21). The van der Waals surface area contributed by atoms with Crippen LogP contribution in [0.1, 0.15) is 0 Å². The summed E-state index contributed by atoms with van der Waals surface area (Å²) in [6, 6.07) is 11.1. The highest BCUT2D eigenvalue weighted by Gasteiger charge is 2.10. The Labute approximate surface area is 119 Å². The molecule has 0 fully saturated rings. The minimum absolute atomic E-state index is 0.341. The van der Waals surface area contributed by atoms with Gasteiger partial charge in [-0.15, -0.1) is 0 Å². The normalized spacial score (nSPS) is 11.0. The molecule has 2 heterocycles. The second-order valence-electron chi connectivity index (χ2n) is 4.40. The van der Waals surface area contributed by atoms with Crippen molar-refractivity contribution in [1.82, 2.24) is 15.0 Å². The van der Waals surface area contributed by atoms with Gasteiger partial charge in [-0.1, -0.05) is 18.2 Å². The predicted molar refractivity (Wildman–Crippen MR) is 78.1 cm³/mol. The highest BCUT2D eigenvalue weighted by Crippen LogP contribution is 2.22. The molecule has 21 heavy (non-hydrogen) atoms. The van der Waals surface area contributed by atoms with Crippen LogP contribution in [-0.4, -0.2) is 27.9 Å². The summed E-state index contributed by atoms with van der Waals surface area (Å²) >= 11 is 0. The maximum Gasteiger partial charge on any atom is 0.255 e. The van der Waals surface area contributed by atoms with Crippen molar-refractivity contribution in [3.8, 4) is 0 Å². The van der Waals surface area contributed by atoms with Crippen molar-refractivity contribution in [3.05, 3.63) is 42.6 Å². The van der Waals surface area contributed by atoms with Crippen LogP contribution in [0.4, 0.5) is 26.2 Å². The molecule has 7 heteroatoms. The number of fused-ring (bicyclic) bond motifs is 1. The molecule has 0 radical (unpaired) electrons. The van der Waals surface area contributed by atoms with Crippen LogP contribution in [0.5, 0.6) is 0 Å². The summed E-state index contributed by atoms with van der Waals surface area (Å²) in [6.07, 6.45) is -0.751. The van der Waals surface area contributed by atoms with E-state index in [9.17, 15) is 8.78 Å². The lowest BCUT2D eigenvalue weighted by Gasteiger charge is -2.09. The van der Waals surface area contributed by atoms with Crippen LogP contribution in [0.3, 0.4) is 0 Å². The summed E-state index contributed by atoms with van der Waals surface area (Å²) in [5.41, 5.74) is 1.41. The molecular weight excluding hydrogens is 276 g/mol. The van der Waals surface area contributed by atoms with Crippen molar-refractivity contribution < 1.29 is 8.78 Å². The maximum atomic E-state index is 12.4. The molecule has 2 aromatic heterocycles.